The van der Waals surface area contributed by atoms with Crippen LogP contribution in [0.2, 0.25) is 0 Å². The van der Waals surface area contributed by atoms with Crippen LogP contribution in [0, 0.1) is 0 Å². The Morgan fingerprint density at radius 1 is 0.889 bits per heavy atom. The molecular formula is C14H13BrO2S. The number of alkyl halides is 1. The van der Waals surface area contributed by atoms with Gasteiger partial charge in [0.05, 0.1) is 5.75 Å². The maximum absolute atomic E-state index is 12.3. The molecule has 4 heteroatoms. The van der Waals surface area contributed by atoms with Gasteiger partial charge in [-0.25, -0.2) is 8.42 Å². The Morgan fingerprint density at radius 2 is 1.39 bits per heavy atom. The molecule has 94 valence electrons. The summed E-state index contributed by atoms with van der Waals surface area (Å²) in [5, 5.41) is 0. The minimum Gasteiger partial charge on any atom is -0.227 e. The number of hydrogen-bond donors (Lipinski definition) is 0. The minimum atomic E-state index is -3.25. The molecule has 0 saturated heterocycles. The SMILES string of the molecule is O=S(=O)(Cc1ccccc1)[C@H](Br)c1ccccc1. The van der Waals surface area contributed by atoms with Crippen LogP contribution in [0.15, 0.2) is 60.7 Å². The predicted octanol–water partition coefficient (Wildman–Crippen LogP) is 3.70. The van der Waals surface area contributed by atoms with Gasteiger partial charge >= 0.3 is 0 Å². The predicted molar refractivity (Wildman–Crippen MR) is 77.2 cm³/mol. The molecule has 0 fully saturated rings. The van der Waals surface area contributed by atoms with Crippen LogP contribution in [0.3, 0.4) is 0 Å². The van der Waals surface area contributed by atoms with E-state index in [1.54, 1.807) is 0 Å². The lowest BCUT2D eigenvalue weighted by Crippen LogP contribution is -2.10. The smallest absolute Gasteiger partial charge is 0.171 e. The van der Waals surface area contributed by atoms with Crippen LogP contribution in [0.1, 0.15) is 15.3 Å². The molecule has 0 spiro atoms. The molecule has 0 bridgehead atoms. The first kappa shape index (κ1) is 13.3. The van der Waals surface area contributed by atoms with Crippen LogP contribution < -0.4 is 0 Å². The quantitative estimate of drug-likeness (QED) is 0.804. The van der Waals surface area contributed by atoms with Crippen molar-refractivity contribution in [3.8, 4) is 0 Å². The van der Waals surface area contributed by atoms with Gasteiger partial charge in [-0.15, -0.1) is 0 Å². The number of benzene rings is 2. The van der Waals surface area contributed by atoms with E-state index in [2.05, 4.69) is 15.9 Å². The summed E-state index contributed by atoms with van der Waals surface area (Å²) < 4.78 is 23.8. The Kier molecular flexibility index (Phi) is 4.19. The molecule has 0 radical (unpaired) electrons. The number of hydrogen-bond acceptors (Lipinski definition) is 2. The first-order valence-electron chi connectivity index (χ1n) is 5.54. The van der Waals surface area contributed by atoms with Gasteiger partial charge in [0, 0.05) is 0 Å². The maximum Gasteiger partial charge on any atom is 0.171 e. The lowest BCUT2D eigenvalue weighted by atomic mass is 10.2. The van der Waals surface area contributed by atoms with Crippen molar-refractivity contribution in [3.05, 3.63) is 71.8 Å². The van der Waals surface area contributed by atoms with Gasteiger partial charge in [-0.2, -0.15) is 0 Å². The van der Waals surface area contributed by atoms with Crippen molar-refractivity contribution in [2.75, 3.05) is 0 Å². The van der Waals surface area contributed by atoms with Crippen molar-refractivity contribution < 1.29 is 8.42 Å². The highest BCUT2D eigenvalue weighted by atomic mass is 79.9. The van der Waals surface area contributed by atoms with Gasteiger partial charge in [0.25, 0.3) is 0 Å². The molecule has 0 amide bonds. The molecule has 0 aliphatic carbocycles. The van der Waals surface area contributed by atoms with Gasteiger partial charge in [-0.05, 0) is 11.1 Å². The number of sulfone groups is 1. The molecule has 0 unspecified atom stereocenters. The van der Waals surface area contributed by atoms with Crippen LogP contribution >= 0.6 is 15.9 Å². The van der Waals surface area contributed by atoms with E-state index >= 15 is 0 Å². The van der Waals surface area contributed by atoms with Crippen molar-refractivity contribution in [3.63, 3.8) is 0 Å². The fourth-order valence-corrected chi connectivity index (χ4v) is 3.77. The molecule has 2 rings (SSSR count). The van der Waals surface area contributed by atoms with Crippen molar-refractivity contribution >= 4 is 25.8 Å². The molecule has 0 aliphatic rings. The molecule has 0 saturated carbocycles. The van der Waals surface area contributed by atoms with E-state index in [0.717, 1.165) is 11.1 Å². The zero-order chi connectivity index (χ0) is 13.0. The highest BCUT2D eigenvalue weighted by Gasteiger charge is 2.24. The molecule has 18 heavy (non-hydrogen) atoms. The summed E-state index contributed by atoms with van der Waals surface area (Å²) in [7, 11) is -3.25. The fraction of sp³-hybridized carbons (Fsp3) is 0.143. The van der Waals surface area contributed by atoms with E-state index in [1.807, 2.05) is 60.7 Å². The third kappa shape index (κ3) is 3.21. The Balaban J connectivity index is 2.22. The van der Waals surface area contributed by atoms with Crippen LogP contribution in [-0.4, -0.2) is 8.42 Å². The van der Waals surface area contributed by atoms with Crippen LogP contribution in [0.5, 0.6) is 0 Å². The molecule has 0 N–H and O–H groups in total. The normalized spacial score (nSPS) is 13.2. The van der Waals surface area contributed by atoms with Crippen LogP contribution in [0.4, 0.5) is 0 Å². The van der Waals surface area contributed by atoms with Gasteiger partial charge in [-0.3, -0.25) is 0 Å². The Hall–Kier alpha value is -1.13. The second-order valence-corrected chi connectivity index (χ2v) is 7.63. The molecule has 2 aromatic rings. The first-order chi connectivity index (χ1) is 8.59. The summed E-state index contributed by atoms with van der Waals surface area (Å²) >= 11 is 3.28. The van der Waals surface area contributed by atoms with E-state index < -0.39 is 14.0 Å². The van der Waals surface area contributed by atoms with Gasteiger partial charge < -0.3 is 0 Å². The Labute approximate surface area is 116 Å². The third-order valence-electron chi connectivity index (χ3n) is 2.59. The Morgan fingerprint density at radius 3 is 1.94 bits per heavy atom. The molecular weight excluding hydrogens is 312 g/mol. The molecule has 0 aromatic heterocycles. The van der Waals surface area contributed by atoms with E-state index in [1.165, 1.54) is 0 Å². The van der Waals surface area contributed by atoms with Gasteiger partial charge in [0.15, 0.2) is 9.84 Å². The molecule has 2 aromatic carbocycles. The zero-order valence-corrected chi connectivity index (χ0v) is 12.1. The second-order valence-electron chi connectivity index (χ2n) is 4.02. The largest absolute Gasteiger partial charge is 0.227 e. The zero-order valence-electron chi connectivity index (χ0n) is 9.66. The summed E-state index contributed by atoms with van der Waals surface area (Å²) in [6.07, 6.45) is 0. The Bertz CT molecular complexity index is 594. The standard InChI is InChI=1S/C14H13BrO2S/c15-14(13-9-5-2-6-10-13)18(16,17)11-12-7-3-1-4-8-12/h1-10,14H,11H2/t14-/m0/s1. The monoisotopic (exact) mass is 324 g/mol. The number of rotatable bonds is 4. The van der Waals surface area contributed by atoms with E-state index in [0.29, 0.717) is 0 Å². The van der Waals surface area contributed by atoms with E-state index in [9.17, 15) is 8.42 Å². The summed E-state index contributed by atoms with van der Waals surface area (Å²) in [4.78, 5) is 0. The van der Waals surface area contributed by atoms with Crippen molar-refractivity contribution in [1.82, 2.24) is 0 Å². The average Bonchev–Trinajstić information content (AvgIpc) is 2.39. The fourth-order valence-electron chi connectivity index (χ4n) is 1.69. The minimum absolute atomic E-state index is 0.0403. The van der Waals surface area contributed by atoms with E-state index in [-0.39, 0.29) is 5.75 Å². The third-order valence-corrected chi connectivity index (χ3v) is 6.46. The van der Waals surface area contributed by atoms with Gasteiger partial charge in [0.1, 0.15) is 4.16 Å². The lowest BCUT2D eigenvalue weighted by molar-refractivity contribution is 0.594. The van der Waals surface area contributed by atoms with Crippen LogP contribution in [0.25, 0.3) is 0 Å². The summed E-state index contributed by atoms with van der Waals surface area (Å²) in [6, 6.07) is 18.4. The highest BCUT2D eigenvalue weighted by molar-refractivity contribution is 9.10. The van der Waals surface area contributed by atoms with Gasteiger partial charge in [-0.1, -0.05) is 76.6 Å². The summed E-state index contributed by atoms with van der Waals surface area (Å²) in [5.41, 5.74) is 1.56. The summed E-state index contributed by atoms with van der Waals surface area (Å²) in [5.74, 6) is 0.0403. The average molecular weight is 325 g/mol. The topological polar surface area (TPSA) is 34.1 Å². The lowest BCUT2D eigenvalue weighted by Gasteiger charge is -2.11. The first-order valence-corrected chi connectivity index (χ1v) is 8.17. The molecule has 0 aliphatic heterocycles. The molecule has 1 atom stereocenters. The molecule has 0 heterocycles. The van der Waals surface area contributed by atoms with Crippen LogP contribution in [-0.2, 0) is 15.6 Å². The van der Waals surface area contributed by atoms with Crippen molar-refractivity contribution in [2.45, 2.75) is 9.91 Å². The van der Waals surface area contributed by atoms with Crippen molar-refractivity contribution in [2.24, 2.45) is 0 Å². The maximum atomic E-state index is 12.3. The van der Waals surface area contributed by atoms with Crippen molar-refractivity contribution in [1.29, 1.82) is 0 Å². The van der Waals surface area contributed by atoms with E-state index in [4.69, 9.17) is 0 Å². The second kappa shape index (κ2) is 5.67. The molecule has 2 nitrogen and oxygen atoms in total. The summed E-state index contributed by atoms with van der Waals surface area (Å²) in [6.45, 7) is 0. The van der Waals surface area contributed by atoms with Gasteiger partial charge in [0.2, 0.25) is 0 Å². The highest BCUT2D eigenvalue weighted by Crippen LogP contribution is 2.31. The number of halogens is 1.